The Bertz CT molecular complexity index is 408. The van der Waals surface area contributed by atoms with Crippen molar-refractivity contribution in [3.05, 3.63) is 30.1 Å². The molecule has 0 saturated carbocycles. The van der Waals surface area contributed by atoms with E-state index in [1.165, 1.54) is 6.07 Å². The number of benzene rings is 1. The Morgan fingerprint density at radius 1 is 1.50 bits per heavy atom. The van der Waals surface area contributed by atoms with Crippen molar-refractivity contribution in [3.8, 4) is 0 Å². The number of hydrogen-bond acceptors (Lipinski definition) is 2. The average Bonchev–Trinajstić information content (AvgIpc) is 2.61. The SMILES string of the molecule is CC1C(C(=O)O)CCN1c1ccccc1F. The Balaban J connectivity index is 2.25. The van der Waals surface area contributed by atoms with Crippen molar-refractivity contribution >= 4 is 11.7 Å². The summed E-state index contributed by atoms with van der Waals surface area (Å²) in [7, 11) is 0. The molecule has 0 bridgehead atoms. The lowest BCUT2D eigenvalue weighted by atomic mass is 10.0. The predicted octanol–water partition coefficient (Wildman–Crippen LogP) is 2.13. The van der Waals surface area contributed by atoms with Gasteiger partial charge in [0, 0.05) is 12.6 Å². The van der Waals surface area contributed by atoms with Crippen LogP contribution in [0.4, 0.5) is 10.1 Å². The molecule has 1 heterocycles. The minimum absolute atomic E-state index is 0.158. The van der Waals surface area contributed by atoms with Crippen LogP contribution in [0, 0.1) is 11.7 Å². The van der Waals surface area contributed by atoms with E-state index in [1.807, 2.05) is 11.8 Å². The highest BCUT2D eigenvalue weighted by atomic mass is 19.1. The number of rotatable bonds is 2. The highest BCUT2D eigenvalue weighted by Crippen LogP contribution is 2.31. The van der Waals surface area contributed by atoms with Crippen LogP contribution in [0.2, 0.25) is 0 Å². The van der Waals surface area contributed by atoms with Crippen LogP contribution in [-0.4, -0.2) is 23.7 Å². The third-order valence-corrected chi connectivity index (χ3v) is 3.23. The number of anilines is 1. The molecule has 1 saturated heterocycles. The number of carbonyl (C=O) groups is 1. The van der Waals surface area contributed by atoms with Gasteiger partial charge in [-0.1, -0.05) is 12.1 Å². The summed E-state index contributed by atoms with van der Waals surface area (Å²) in [6, 6.07) is 6.33. The van der Waals surface area contributed by atoms with Crippen LogP contribution in [0.1, 0.15) is 13.3 Å². The summed E-state index contributed by atoms with van der Waals surface area (Å²) >= 11 is 0. The van der Waals surface area contributed by atoms with Crippen LogP contribution in [-0.2, 0) is 4.79 Å². The first kappa shape index (κ1) is 10.9. The molecular formula is C12H14FNO2. The van der Waals surface area contributed by atoms with Gasteiger partial charge in [0.05, 0.1) is 11.6 Å². The monoisotopic (exact) mass is 223 g/mol. The van der Waals surface area contributed by atoms with Crippen molar-refractivity contribution in [2.24, 2.45) is 5.92 Å². The van der Waals surface area contributed by atoms with Gasteiger partial charge in [0.1, 0.15) is 5.82 Å². The maximum absolute atomic E-state index is 13.6. The second-order valence-corrected chi connectivity index (χ2v) is 4.12. The van der Waals surface area contributed by atoms with Gasteiger partial charge in [-0.2, -0.15) is 0 Å². The highest BCUT2D eigenvalue weighted by molar-refractivity contribution is 5.73. The summed E-state index contributed by atoms with van der Waals surface area (Å²) in [6.45, 7) is 2.43. The number of carboxylic acids is 1. The highest BCUT2D eigenvalue weighted by Gasteiger charge is 2.36. The lowest BCUT2D eigenvalue weighted by molar-refractivity contribution is -0.141. The third-order valence-electron chi connectivity index (χ3n) is 3.23. The molecule has 0 spiro atoms. The van der Waals surface area contributed by atoms with E-state index in [-0.39, 0.29) is 11.9 Å². The lowest BCUT2D eigenvalue weighted by Crippen LogP contribution is -2.33. The van der Waals surface area contributed by atoms with E-state index < -0.39 is 11.9 Å². The van der Waals surface area contributed by atoms with Crippen LogP contribution < -0.4 is 4.90 Å². The van der Waals surface area contributed by atoms with Crippen LogP contribution in [0.15, 0.2) is 24.3 Å². The maximum atomic E-state index is 13.6. The van der Waals surface area contributed by atoms with Gasteiger partial charge in [0.15, 0.2) is 0 Å². The van der Waals surface area contributed by atoms with Crippen LogP contribution in [0.5, 0.6) is 0 Å². The molecule has 1 aromatic rings. The van der Waals surface area contributed by atoms with E-state index in [2.05, 4.69) is 0 Å². The van der Waals surface area contributed by atoms with Crippen LogP contribution in [0.3, 0.4) is 0 Å². The molecule has 1 aromatic carbocycles. The van der Waals surface area contributed by atoms with E-state index in [1.54, 1.807) is 18.2 Å². The molecule has 2 atom stereocenters. The Morgan fingerprint density at radius 2 is 2.19 bits per heavy atom. The molecule has 1 aliphatic rings. The summed E-state index contributed by atoms with van der Waals surface area (Å²) in [5, 5.41) is 9.00. The maximum Gasteiger partial charge on any atom is 0.308 e. The zero-order chi connectivity index (χ0) is 11.7. The largest absolute Gasteiger partial charge is 0.481 e. The number of carboxylic acid groups (broad SMARTS) is 1. The first-order chi connectivity index (χ1) is 7.61. The molecule has 0 amide bonds. The van der Waals surface area contributed by atoms with Gasteiger partial charge >= 0.3 is 5.97 Å². The smallest absolute Gasteiger partial charge is 0.308 e. The molecule has 0 aliphatic carbocycles. The van der Waals surface area contributed by atoms with Crippen molar-refractivity contribution in [2.75, 3.05) is 11.4 Å². The molecule has 2 unspecified atom stereocenters. The fourth-order valence-corrected chi connectivity index (χ4v) is 2.29. The molecule has 86 valence electrons. The van der Waals surface area contributed by atoms with Gasteiger partial charge in [0.25, 0.3) is 0 Å². The van der Waals surface area contributed by atoms with E-state index in [9.17, 15) is 9.18 Å². The van der Waals surface area contributed by atoms with Crippen LogP contribution in [0.25, 0.3) is 0 Å². The zero-order valence-corrected chi connectivity index (χ0v) is 9.06. The first-order valence-corrected chi connectivity index (χ1v) is 5.35. The lowest BCUT2D eigenvalue weighted by Gasteiger charge is -2.25. The molecule has 3 nitrogen and oxygen atoms in total. The van der Waals surface area contributed by atoms with E-state index in [4.69, 9.17) is 5.11 Å². The Kier molecular flexibility index (Phi) is 2.81. The molecule has 0 aromatic heterocycles. The number of halogens is 1. The van der Waals surface area contributed by atoms with Crippen molar-refractivity contribution in [3.63, 3.8) is 0 Å². The topological polar surface area (TPSA) is 40.5 Å². The van der Waals surface area contributed by atoms with Gasteiger partial charge in [-0.3, -0.25) is 4.79 Å². The molecule has 1 fully saturated rings. The summed E-state index contributed by atoms with van der Waals surface area (Å²) in [5.41, 5.74) is 0.499. The molecular weight excluding hydrogens is 209 g/mol. The number of hydrogen-bond donors (Lipinski definition) is 1. The van der Waals surface area contributed by atoms with Crippen molar-refractivity contribution in [2.45, 2.75) is 19.4 Å². The summed E-state index contributed by atoms with van der Waals surface area (Å²) < 4.78 is 13.6. The van der Waals surface area contributed by atoms with Gasteiger partial charge < -0.3 is 10.0 Å². The normalized spacial score (nSPS) is 24.8. The summed E-state index contributed by atoms with van der Waals surface area (Å²) in [4.78, 5) is 12.8. The van der Waals surface area contributed by atoms with Crippen molar-refractivity contribution < 1.29 is 14.3 Å². The quantitative estimate of drug-likeness (QED) is 0.834. The first-order valence-electron chi connectivity index (χ1n) is 5.35. The summed E-state index contributed by atoms with van der Waals surface area (Å²) in [5.74, 6) is -1.49. The molecule has 1 aliphatic heterocycles. The van der Waals surface area contributed by atoms with Gasteiger partial charge in [-0.05, 0) is 25.5 Å². The minimum atomic E-state index is -0.800. The number of nitrogens with zero attached hydrogens (tertiary/aromatic N) is 1. The molecule has 16 heavy (non-hydrogen) atoms. The van der Waals surface area contributed by atoms with E-state index in [0.29, 0.717) is 18.7 Å². The van der Waals surface area contributed by atoms with Crippen molar-refractivity contribution in [1.29, 1.82) is 0 Å². The van der Waals surface area contributed by atoms with E-state index in [0.717, 1.165) is 0 Å². The predicted molar refractivity (Wildman–Crippen MR) is 59.0 cm³/mol. The molecule has 2 rings (SSSR count). The Hall–Kier alpha value is -1.58. The third kappa shape index (κ3) is 1.75. The van der Waals surface area contributed by atoms with Crippen molar-refractivity contribution in [1.82, 2.24) is 0 Å². The second kappa shape index (κ2) is 4.12. The van der Waals surface area contributed by atoms with E-state index >= 15 is 0 Å². The van der Waals surface area contributed by atoms with Gasteiger partial charge in [-0.25, -0.2) is 4.39 Å². The molecule has 1 N–H and O–H groups in total. The summed E-state index contributed by atoms with van der Waals surface area (Å²) in [6.07, 6.45) is 0.574. The Labute approximate surface area is 93.5 Å². The Morgan fingerprint density at radius 3 is 2.75 bits per heavy atom. The zero-order valence-electron chi connectivity index (χ0n) is 9.06. The minimum Gasteiger partial charge on any atom is -0.481 e. The molecule has 4 heteroatoms. The molecule has 0 radical (unpaired) electrons. The number of aliphatic carboxylic acids is 1. The van der Waals surface area contributed by atoms with Gasteiger partial charge in [-0.15, -0.1) is 0 Å². The number of para-hydroxylation sites is 1. The van der Waals surface area contributed by atoms with Gasteiger partial charge in [0.2, 0.25) is 0 Å². The fraction of sp³-hybridized carbons (Fsp3) is 0.417. The van der Waals surface area contributed by atoms with Crippen LogP contribution >= 0.6 is 0 Å². The fourth-order valence-electron chi connectivity index (χ4n) is 2.29. The average molecular weight is 223 g/mol. The standard InChI is InChI=1S/C12H14FNO2/c1-8-9(12(15)16)6-7-14(8)11-5-3-2-4-10(11)13/h2-5,8-9H,6-7H2,1H3,(H,15,16). The second-order valence-electron chi connectivity index (χ2n) is 4.12.